The third-order valence-electron chi connectivity index (χ3n) is 5.94. The molecule has 7 nitrogen and oxygen atoms in total. The summed E-state index contributed by atoms with van der Waals surface area (Å²) < 4.78 is 14.5. The Kier molecular flexibility index (Phi) is 7.01. The van der Waals surface area contributed by atoms with Crippen LogP contribution in [-0.2, 0) is 19.4 Å². The van der Waals surface area contributed by atoms with E-state index in [4.69, 9.17) is 0 Å². The normalized spacial score (nSPS) is 10.9. The summed E-state index contributed by atoms with van der Waals surface area (Å²) in [4.78, 5) is 37.5. The maximum atomic E-state index is 13.4. The molecule has 178 valence electrons. The van der Waals surface area contributed by atoms with Crippen molar-refractivity contribution in [3.63, 3.8) is 0 Å². The van der Waals surface area contributed by atoms with Crippen molar-refractivity contribution >= 4 is 22.5 Å². The summed E-state index contributed by atoms with van der Waals surface area (Å²) in [6.07, 6.45) is 1.32. The lowest BCUT2D eigenvalue weighted by molar-refractivity contribution is -0.383. The first-order valence-electron chi connectivity index (χ1n) is 11.3. The van der Waals surface area contributed by atoms with E-state index in [-0.39, 0.29) is 35.5 Å². The highest BCUT2D eigenvalue weighted by Gasteiger charge is 2.21. The van der Waals surface area contributed by atoms with Crippen molar-refractivity contribution in [2.45, 2.75) is 26.3 Å². The van der Waals surface area contributed by atoms with Gasteiger partial charge in [0.2, 0.25) is 0 Å². The Hall–Kier alpha value is -4.33. The first kappa shape index (κ1) is 23.8. The van der Waals surface area contributed by atoms with Gasteiger partial charge in [-0.1, -0.05) is 49.4 Å². The van der Waals surface area contributed by atoms with E-state index in [9.17, 15) is 24.1 Å². The molecule has 0 spiro atoms. The molecule has 0 aliphatic rings. The fourth-order valence-electron chi connectivity index (χ4n) is 3.99. The summed E-state index contributed by atoms with van der Waals surface area (Å²) in [5, 5.41) is 14.6. The van der Waals surface area contributed by atoms with E-state index < -0.39 is 16.4 Å². The van der Waals surface area contributed by atoms with Crippen LogP contribution in [-0.4, -0.2) is 21.9 Å². The second kappa shape index (κ2) is 10.3. The Labute approximate surface area is 201 Å². The Bertz CT molecular complexity index is 1440. The summed E-state index contributed by atoms with van der Waals surface area (Å²) in [7, 11) is 0. The zero-order valence-corrected chi connectivity index (χ0v) is 19.2. The molecule has 3 aromatic carbocycles. The van der Waals surface area contributed by atoms with E-state index in [1.165, 1.54) is 34.9 Å². The van der Waals surface area contributed by atoms with Crippen molar-refractivity contribution in [1.29, 1.82) is 0 Å². The van der Waals surface area contributed by atoms with Crippen molar-refractivity contribution in [2.75, 3.05) is 6.54 Å². The molecule has 0 bridgehead atoms. The van der Waals surface area contributed by atoms with Crippen LogP contribution in [0.2, 0.25) is 0 Å². The van der Waals surface area contributed by atoms with E-state index in [0.29, 0.717) is 11.9 Å². The number of nitro benzene ring substituents is 1. The third-order valence-corrected chi connectivity index (χ3v) is 5.94. The molecule has 4 aromatic rings. The van der Waals surface area contributed by atoms with Crippen LogP contribution in [0.1, 0.15) is 34.0 Å². The molecule has 0 radical (unpaired) electrons. The number of amides is 1. The second-order valence-electron chi connectivity index (χ2n) is 8.22. The highest BCUT2D eigenvalue weighted by Crippen LogP contribution is 2.26. The van der Waals surface area contributed by atoms with E-state index in [0.717, 1.165) is 23.1 Å². The standard InChI is InChI=1S/C27H24FN3O4/c1-2-18-6-8-20(9-7-18)17-30-24-4-3-5-25(31(34)35)22(24)16-23(27(30)33)26(32)29-15-14-19-10-12-21(28)13-11-19/h3-13,16H,2,14-15,17H2,1H3,(H,29,32). The number of non-ortho nitro benzene ring substituents is 1. The van der Waals surface area contributed by atoms with Crippen LogP contribution >= 0.6 is 0 Å². The van der Waals surface area contributed by atoms with Crippen molar-refractivity contribution in [2.24, 2.45) is 0 Å². The van der Waals surface area contributed by atoms with Gasteiger partial charge in [-0.3, -0.25) is 19.7 Å². The first-order chi connectivity index (χ1) is 16.9. The summed E-state index contributed by atoms with van der Waals surface area (Å²) in [6, 6.07) is 19.5. The van der Waals surface area contributed by atoms with Gasteiger partial charge in [0.1, 0.15) is 11.4 Å². The molecule has 1 N–H and O–H groups in total. The van der Waals surface area contributed by atoms with E-state index >= 15 is 0 Å². The van der Waals surface area contributed by atoms with Crippen LogP contribution in [0, 0.1) is 15.9 Å². The maximum absolute atomic E-state index is 13.4. The van der Waals surface area contributed by atoms with Gasteiger partial charge in [-0.15, -0.1) is 0 Å². The number of fused-ring (bicyclic) bond motifs is 1. The Balaban J connectivity index is 1.70. The zero-order valence-electron chi connectivity index (χ0n) is 19.2. The number of carbonyl (C=O) groups is 1. The molecule has 35 heavy (non-hydrogen) atoms. The number of halogens is 1. The van der Waals surface area contributed by atoms with Gasteiger partial charge >= 0.3 is 0 Å². The molecular formula is C27H24FN3O4. The quantitative estimate of drug-likeness (QED) is 0.298. The molecule has 0 saturated heterocycles. The number of hydrogen-bond donors (Lipinski definition) is 1. The predicted molar refractivity (Wildman–Crippen MR) is 132 cm³/mol. The van der Waals surface area contributed by atoms with Crippen LogP contribution in [0.3, 0.4) is 0 Å². The lowest BCUT2D eigenvalue weighted by Crippen LogP contribution is -2.34. The summed E-state index contributed by atoms with van der Waals surface area (Å²) in [5.41, 5.74) is 2.31. The number of carbonyl (C=O) groups excluding carboxylic acids is 1. The number of rotatable bonds is 8. The summed E-state index contributed by atoms with van der Waals surface area (Å²) in [5.74, 6) is -0.965. The van der Waals surface area contributed by atoms with Gasteiger partial charge < -0.3 is 9.88 Å². The Morgan fingerprint density at radius 2 is 1.66 bits per heavy atom. The highest BCUT2D eigenvalue weighted by atomic mass is 19.1. The van der Waals surface area contributed by atoms with E-state index in [2.05, 4.69) is 5.32 Å². The third kappa shape index (κ3) is 5.27. The molecule has 4 rings (SSSR count). The van der Waals surface area contributed by atoms with Crippen LogP contribution in [0.15, 0.2) is 77.6 Å². The number of benzene rings is 3. The summed E-state index contributed by atoms with van der Waals surface area (Å²) in [6.45, 7) is 2.43. The lowest BCUT2D eigenvalue weighted by atomic mass is 10.1. The molecular weight excluding hydrogens is 449 g/mol. The number of aromatic nitrogens is 1. The fourth-order valence-corrected chi connectivity index (χ4v) is 3.99. The smallest absolute Gasteiger partial charge is 0.278 e. The monoisotopic (exact) mass is 473 g/mol. The van der Waals surface area contributed by atoms with Crippen molar-refractivity contribution in [3.8, 4) is 0 Å². The number of aryl methyl sites for hydroxylation is 1. The molecule has 0 saturated carbocycles. The predicted octanol–water partition coefficient (Wildman–Crippen LogP) is 4.63. The minimum atomic E-state index is -0.618. The topological polar surface area (TPSA) is 94.2 Å². The van der Waals surface area contributed by atoms with Crippen molar-refractivity contribution in [1.82, 2.24) is 9.88 Å². The second-order valence-corrected chi connectivity index (χ2v) is 8.22. The van der Waals surface area contributed by atoms with Gasteiger partial charge in [-0.25, -0.2) is 4.39 Å². The van der Waals surface area contributed by atoms with Gasteiger partial charge in [0.05, 0.1) is 22.4 Å². The number of nitrogens with zero attached hydrogens (tertiary/aromatic N) is 2. The van der Waals surface area contributed by atoms with Crippen molar-refractivity contribution in [3.05, 3.63) is 121 Å². The fraction of sp³-hybridized carbons (Fsp3) is 0.185. The highest BCUT2D eigenvalue weighted by molar-refractivity contribution is 5.99. The molecule has 1 heterocycles. The van der Waals surface area contributed by atoms with Gasteiger partial charge in [-0.2, -0.15) is 0 Å². The Morgan fingerprint density at radius 1 is 1.00 bits per heavy atom. The van der Waals surface area contributed by atoms with E-state index in [1.807, 2.05) is 31.2 Å². The minimum Gasteiger partial charge on any atom is -0.352 e. The van der Waals surface area contributed by atoms with Crippen molar-refractivity contribution < 1.29 is 14.1 Å². The van der Waals surface area contributed by atoms with Gasteiger partial charge in [-0.05, 0) is 53.8 Å². The molecule has 0 aliphatic carbocycles. The number of hydrogen-bond acceptors (Lipinski definition) is 4. The molecule has 0 fully saturated rings. The number of nitrogens with one attached hydrogen (secondary N) is 1. The first-order valence-corrected chi connectivity index (χ1v) is 11.3. The lowest BCUT2D eigenvalue weighted by Gasteiger charge is -2.14. The molecule has 8 heteroatoms. The molecule has 1 aromatic heterocycles. The number of nitro groups is 1. The summed E-state index contributed by atoms with van der Waals surface area (Å²) >= 11 is 0. The van der Waals surface area contributed by atoms with Crippen LogP contribution < -0.4 is 10.9 Å². The average molecular weight is 474 g/mol. The minimum absolute atomic E-state index is 0.164. The van der Waals surface area contributed by atoms with Gasteiger partial charge in [0.15, 0.2) is 0 Å². The number of pyridine rings is 1. The molecule has 1 amide bonds. The zero-order chi connectivity index (χ0) is 24.9. The average Bonchev–Trinajstić information content (AvgIpc) is 2.86. The molecule has 0 unspecified atom stereocenters. The van der Waals surface area contributed by atoms with Crippen LogP contribution in [0.25, 0.3) is 10.9 Å². The largest absolute Gasteiger partial charge is 0.352 e. The Morgan fingerprint density at radius 3 is 2.31 bits per heavy atom. The van der Waals surface area contributed by atoms with Gasteiger partial charge in [0.25, 0.3) is 17.2 Å². The van der Waals surface area contributed by atoms with Gasteiger partial charge in [0, 0.05) is 12.6 Å². The molecule has 0 atom stereocenters. The molecule has 0 aliphatic heterocycles. The van der Waals surface area contributed by atoms with Crippen LogP contribution in [0.5, 0.6) is 0 Å². The van der Waals surface area contributed by atoms with Crippen LogP contribution in [0.4, 0.5) is 10.1 Å². The maximum Gasteiger partial charge on any atom is 0.278 e. The SMILES string of the molecule is CCc1ccc(Cn2c(=O)c(C(=O)NCCc3ccc(F)cc3)cc3c([N+](=O)[O-])cccc32)cc1. The van der Waals surface area contributed by atoms with E-state index in [1.54, 1.807) is 18.2 Å².